The Hall–Kier alpha value is -3.80. The Labute approximate surface area is 199 Å². The van der Waals surface area contributed by atoms with Crippen LogP contribution in [-0.2, 0) is 16.3 Å². The van der Waals surface area contributed by atoms with Crippen LogP contribution in [0.4, 0.5) is 5.82 Å². The lowest BCUT2D eigenvalue weighted by molar-refractivity contribution is -0.160. The van der Waals surface area contributed by atoms with Crippen molar-refractivity contribution in [2.24, 2.45) is 7.05 Å². The highest BCUT2D eigenvalue weighted by molar-refractivity contribution is 7.94. The molecule has 0 bridgehead atoms. The van der Waals surface area contributed by atoms with E-state index < -0.39 is 5.91 Å². The van der Waals surface area contributed by atoms with Crippen molar-refractivity contribution < 1.29 is 28.0 Å². The summed E-state index contributed by atoms with van der Waals surface area (Å²) >= 11 is 1.06. The molecule has 2 amide bonds. The highest BCUT2D eigenvalue weighted by Gasteiger charge is 2.20. The average Bonchev–Trinajstić information content (AvgIpc) is 3.43. The van der Waals surface area contributed by atoms with Crippen molar-refractivity contribution in [3.8, 4) is 11.5 Å². The number of furan rings is 1. The third-order valence-corrected chi connectivity index (χ3v) is 5.35. The molecule has 0 aliphatic carbocycles. The fourth-order valence-corrected chi connectivity index (χ4v) is 3.48. The predicted molar refractivity (Wildman–Crippen MR) is 126 cm³/mol. The SMILES string of the molecule is COOSc1ccc(Oc2cc(C(=O)Nc3ccn(C)n3)cc3oc(C(=O)N(C)C)cc23)cc1. The van der Waals surface area contributed by atoms with Crippen LogP contribution in [-0.4, -0.2) is 47.7 Å². The number of anilines is 1. The summed E-state index contributed by atoms with van der Waals surface area (Å²) in [5.74, 6) is 0.720. The first-order valence-electron chi connectivity index (χ1n) is 10.1. The maximum absolute atomic E-state index is 12.9. The first-order valence-corrected chi connectivity index (χ1v) is 10.8. The molecule has 0 saturated heterocycles. The third kappa shape index (κ3) is 5.22. The van der Waals surface area contributed by atoms with Crippen LogP contribution in [0.3, 0.4) is 0 Å². The number of amides is 2. The summed E-state index contributed by atoms with van der Waals surface area (Å²) in [5.41, 5.74) is 0.626. The van der Waals surface area contributed by atoms with Crippen LogP contribution < -0.4 is 10.1 Å². The van der Waals surface area contributed by atoms with Crippen molar-refractivity contribution >= 4 is 40.6 Å². The van der Waals surface area contributed by atoms with Gasteiger partial charge in [-0.05, 0) is 36.4 Å². The van der Waals surface area contributed by atoms with E-state index in [1.807, 2.05) is 0 Å². The zero-order chi connectivity index (χ0) is 24.2. The number of carbonyl (C=O) groups excluding carboxylic acids is 2. The highest BCUT2D eigenvalue weighted by atomic mass is 32.2. The summed E-state index contributed by atoms with van der Waals surface area (Å²) in [6, 6.07) is 13.5. The zero-order valence-corrected chi connectivity index (χ0v) is 19.7. The maximum atomic E-state index is 12.9. The van der Waals surface area contributed by atoms with Crippen molar-refractivity contribution in [1.82, 2.24) is 14.7 Å². The van der Waals surface area contributed by atoms with Crippen LogP contribution in [0.2, 0.25) is 0 Å². The van der Waals surface area contributed by atoms with Crippen molar-refractivity contribution in [3.05, 3.63) is 66.1 Å². The van der Waals surface area contributed by atoms with Crippen molar-refractivity contribution in [1.29, 1.82) is 0 Å². The number of nitrogens with zero attached hydrogens (tertiary/aromatic N) is 3. The second kappa shape index (κ2) is 10.00. The van der Waals surface area contributed by atoms with Gasteiger partial charge >= 0.3 is 0 Å². The molecule has 0 aliphatic heterocycles. The van der Waals surface area contributed by atoms with Crippen LogP contribution in [0.1, 0.15) is 20.9 Å². The van der Waals surface area contributed by atoms with E-state index in [1.165, 1.54) is 12.0 Å². The molecular weight excluding hydrogens is 460 g/mol. The summed E-state index contributed by atoms with van der Waals surface area (Å²) in [6.07, 6.45) is 1.72. The van der Waals surface area contributed by atoms with Gasteiger partial charge < -0.3 is 19.4 Å². The van der Waals surface area contributed by atoms with Crippen molar-refractivity contribution in [2.75, 3.05) is 26.5 Å². The van der Waals surface area contributed by atoms with Crippen LogP contribution >= 0.6 is 12.0 Å². The molecule has 0 atom stereocenters. The summed E-state index contributed by atoms with van der Waals surface area (Å²) in [6.45, 7) is 0. The van der Waals surface area contributed by atoms with Crippen LogP contribution in [0.15, 0.2) is 64.0 Å². The van der Waals surface area contributed by atoms with E-state index >= 15 is 0 Å². The lowest BCUT2D eigenvalue weighted by Gasteiger charge is -2.10. The molecule has 10 nitrogen and oxygen atoms in total. The lowest BCUT2D eigenvalue weighted by atomic mass is 10.1. The van der Waals surface area contributed by atoms with E-state index in [9.17, 15) is 9.59 Å². The van der Waals surface area contributed by atoms with Gasteiger partial charge in [0.15, 0.2) is 11.6 Å². The smallest absolute Gasteiger partial charge is 0.289 e. The Morgan fingerprint density at radius 1 is 1.12 bits per heavy atom. The van der Waals surface area contributed by atoms with Gasteiger partial charge in [0.05, 0.1) is 24.5 Å². The van der Waals surface area contributed by atoms with Gasteiger partial charge in [-0.3, -0.25) is 14.3 Å². The first-order chi connectivity index (χ1) is 16.3. The number of rotatable bonds is 8. The standard InChI is InChI=1S/C23H22N4O6S/c1-26(2)23(29)20-13-17-18(31-15-5-7-16(8-6-15)34-33-30-4)11-14(12-19(17)32-20)22(28)24-21-9-10-27(3)25-21/h5-13H,1-4H3,(H,24,25,28). The molecule has 1 N–H and O–H groups in total. The number of carbonyl (C=O) groups is 2. The molecule has 4 rings (SSSR count). The Balaban J connectivity index is 1.69. The number of benzene rings is 2. The Bertz CT molecular complexity index is 1330. The summed E-state index contributed by atoms with van der Waals surface area (Å²) in [4.78, 5) is 32.2. The highest BCUT2D eigenvalue weighted by Crippen LogP contribution is 2.35. The maximum Gasteiger partial charge on any atom is 0.289 e. The van der Waals surface area contributed by atoms with Gasteiger partial charge in [0.2, 0.25) is 0 Å². The van der Waals surface area contributed by atoms with E-state index in [0.717, 1.165) is 16.9 Å². The van der Waals surface area contributed by atoms with Crippen molar-refractivity contribution in [2.45, 2.75) is 4.90 Å². The zero-order valence-electron chi connectivity index (χ0n) is 18.9. The topological polar surface area (TPSA) is 108 Å². The van der Waals surface area contributed by atoms with Crippen LogP contribution in [0, 0.1) is 0 Å². The number of hydrogen-bond acceptors (Lipinski definition) is 8. The fraction of sp³-hybridized carbons (Fsp3) is 0.174. The second-order valence-electron chi connectivity index (χ2n) is 7.42. The number of fused-ring (bicyclic) bond motifs is 1. The van der Waals surface area contributed by atoms with Gasteiger partial charge in [-0.25, -0.2) is 4.89 Å². The summed E-state index contributed by atoms with van der Waals surface area (Å²) in [7, 11) is 6.44. The van der Waals surface area contributed by atoms with Gasteiger partial charge in [-0.1, -0.05) is 0 Å². The predicted octanol–water partition coefficient (Wildman–Crippen LogP) is 4.50. The number of aryl methyl sites for hydroxylation is 1. The number of hydrogen-bond donors (Lipinski definition) is 1. The largest absolute Gasteiger partial charge is 0.457 e. The summed E-state index contributed by atoms with van der Waals surface area (Å²) < 4.78 is 18.3. The first kappa shape index (κ1) is 23.4. The molecule has 2 aromatic heterocycles. The molecule has 4 aromatic rings. The second-order valence-corrected chi connectivity index (χ2v) is 8.19. The number of aromatic nitrogens is 2. The molecule has 34 heavy (non-hydrogen) atoms. The van der Waals surface area contributed by atoms with E-state index in [2.05, 4.69) is 15.3 Å². The molecule has 0 unspecified atom stereocenters. The number of ether oxygens (including phenoxy) is 1. The Morgan fingerprint density at radius 3 is 2.53 bits per heavy atom. The van der Waals surface area contributed by atoms with Crippen LogP contribution in [0.5, 0.6) is 11.5 Å². The molecule has 0 spiro atoms. The van der Waals surface area contributed by atoms with Gasteiger partial charge in [0.1, 0.15) is 17.1 Å². The van der Waals surface area contributed by atoms with Gasteiger partial charge in [0, 0.05) is 49.9 Å². The van der Waals surface area contributed by atoms with E-state index in [0.29, 0.717) is 28.3 Å². The molecule has 0 saturated carbocycles. The van der Waals surface area contributed by atoms with Gasteiger partial charge in [-0.15, -0.1) is 0 Å². The Kier molecular flexibility index (Phi) is 6.87. The molecular formula is C23H22N4O6S. The van der Waals surface area contributed by atoms with E-state index in [1.54, 1.807) is 80.6 Å². The minimum atomic E-state index is -0.397. The average molecular weight is 483 g/mol. The van der Waals surface area contributed by atoms with Gasteiger partial charge in [-0.2, -0.15) is 9.43 Å². The fourth-order valence-electron chi connectivity index (χ4n) is 3.08. The van der Waals surface area contributed by atoms with Crippen molar-refractivity contribution in [3.63, 3.8) is 0 Å². The quantitative estimate of drug-likeness (QED) is 0.222. The monoisotopic (exact) mass is 482 g/mol. The minimum Gasteiger partial charge on any atom is -0.457 e. The summed E-state index contributed by atoms with van der Waals surface area (Å²) in [5, 5.41) is 7.46. The Morgan fingerprint density at radius 2 is 1.88 bits per heavy atom. The number of nitrogens with one attached hydrogen (secondary N) is 1. The minimum absolute atomic E-state index is 0.135. The molecule has 0 fully saturated rings. The molecule has 2 aromatic carbocycles. The molecule has 2 heterocycles. The molecule has 176 valence electrons. The molecule has 0 aliphatic rings. The molecule has 11 heteroatoms. The van der Waals surface area contributed by atoms with Gasteiger partial charge in [0.25, 0.3) is 11.8 Å². The third-order valence-electron chi connectivity index (χ3n) is 4.68. The van der Waals surface area contributed by atoms with Crippen LogP contribution in [0.25, 0.3) is 11.0 Å². The normalized spacial score (nSPS) is 10.9. The lowest BCUT2D eigenvalue weighted by Crippen LogP contribution is -2.20. The molecule has 0 radical (unpaired) electrons. The van der Waals surface area contributed by atoms with E-state index in [-0.39, 0.29) is 17.2 Å². The van der Waals surface area contributed by atoms with E-state index in [4.69, 9.17) is 13.5 Å².